The van der Waals surface area contributed by atoms with E-state index in [0.717, 1.165) is 24.2 Å². The minimum absolute atomic E-state index is 0.0409. The number of morpholine rings is 1. The molecular weight excluding hydrogens is 276 g/mol. The third kappa shape index (κ3) is 3.46. The van der Waals surface area contributed by atoms with Crippen LogP contribution in [0, 0.1) is 0 Å². The van der Waals surface area contributed by atoms with Gasteiger partial charge in [-0.3, -0.25) is 4.90 Å². The minimum atomic E-state index is 0.0409. The first-order valence-electron chi connectivity index (χ1n) is 6.55. The first-order chi connectivity index (χ1) is 9.65. The summed E-state index contributed by atoms with van der Waals surface area (Å²) in [7, 11) is 1.60. The summed E-state index contributed by atoms with van der Waals surface area (Å²) >= 11 is 5.05. The molecule has 20 heavy (non-hydrogen) atoms. The number of nitrogens with two attached hydrogens (primary N) is 1. The van der Waals surface area contributed by atoms with Crippen molar-refractivity contribution in [1.29, 1.82) is 0 Å². The van der Waals surface area contributed by atoms with Crippen molar-refractivity contribution in [1.82, 2.24) is 4.90 Å². The van der Waals surface area contributed by atoms with Gasteiger partial charge in [0.25, 0.3) is 0 Å². The van der Waals surface area contributed by atoms with Gasteiger partial charge in [0, 0.05) is 13.1 Å². The summed E-state index contributed by atoms with van der Waals surface area (Å²) in [4.78, 5) is 2.53. The average molecular weight is 296 g/mol. The van der Waals surface area contributed by atoms with E-state index in [9.17, 15) is 5.11 Å². The average Bonchev–Trinajstić information content (AvgIpc) is 2.47. The molecule has 1 unspecified atom stereocenters. The van der Waals surface area contributed by atoms with E-state index in [1.807, 2.05) is 18.2 Å². The number of nitrogens with zero attached hydrogens (tertiary/aromatic N) is 1. The van der Waals surface area contributed by atoms with Gasteiger partial charge in [0.1, 0.15) is 10.7 Å². The van der Waals surface area contributed by atoms with Crippen molar-refractivity contribution in [2.24, 2.45) is 5.73 Å². The number of hydrogen-bond acceptors (Lipinski definition) is 5. The van der Waals surface area contributed by atoms with Crippen molar-refractivity contribution in [2.75, 3.05) is 33.5 Å². The predicted molar refractivity (Wildman–Crippen MR) is 81.0 cm³/mol. The number of benzene rings is 1. The van der Waals surface area contributed by atoms with Gasteiger partial charge in [0.05, 0.1) is 38.5 Å². The monoisotopic (exact) mass is 296 g/mol. The van der Waals surface area contributed by atoms with Crippen LogP contribution in [-0.2, 0) is 11.3 Å². The summed E-state index contributed by atoms with van der Waals surface area (Å²) in [6.45, 7) is 2.88. The number of rotatable bonds is 5. The molecule has 0 spiro atoms. The van der Waals surface area contributed by atoms with E-state index < -0.39 is 0 Å². The second kappa shape index (κ2) is 6.99. The topological polar surface area (TPSA) is 68.0 Å². The van der Waals surface area contributed by atoms with E-state index in [1.165, 1.54) is 0 Å². The van der Waals surface area contributed by atoms with Gasteiger partial charge in [-0.15, -0.1) is 0 Å². The molecule has 0 radical (unpaired) electrons. The van der Waals surface area contributed by atoms with Gasteiger partial charge in [-0.25, -0.2) is 0 Å². The van der Waals surface area contributed by atoms with Gasteiger partial charge in [-0.2, -0.15) is 0 Å². The SMILES string of the molecule is COc1ccc(CN2CCOCC2CO)cc1C(N)=S. The highest BCUT2D eigenvalue weighted by Crippen LogP contribution is 2.21. The van der Waals surface area contributed by atoms with Gasteiger partial charge in [0.2, 0.25) is 0 Å². The molecule has 6 heteroatoms. The van der Waals surface area contributed by atoms with Crippen LogP contribution in [0.3, 0.4) is 0 Å². The first-order valence-corrected chi connectivity index (χ1v) is 6.96. The van der Waals surface area contributed by atoms with Crippen molar-refractivity contribution in [2.45, 2.75) is 12.6 Å². The van der Waals surface area contributed by atoms with Crippen molar-refractivity contribution in [3.63, 3.8) is 0 Å². The summed E-state index contributed by atoms with van der Waals surface area (Å²) in [5.41, 5.74) is 7.56. The van der Waals surface area contributed by atoms with Crippen LogP contribution >= 0.6 is 12.2 Å². The number of aliphatic hydroxyl groups is 1. The molecule has 2 rings (SSSR count). The molecule has 3 N–H and O–H groups in total. The van der Waals surface area contributed by atoms with Crippen molar-refractivity contribution >= 4 is 17.2 Å². The lowest BCUT2D eigenvalue weighted by molar-refractivity contribution is -0.0312. The summed E-state index contributed by atoms with van der Waals surface area (Å²) < 4.78 is 10.6. The van der Waals surface area contributed by atoms with E-state index in [2.05, 4.69) is 4.90 Å². The molecule has 1 fully saturated rings. The summed E-state index contributed by atoms with van der Waals surface area (Å²) in [6.07, 6.45) is 0. The van der Waals surface area contributed by atoms with E-state index in [4.69, 9.17) is 27.4 Å². The minimum Gasteiger partial charge on any atom is -0.496 e. The molecule has 0 aromatic heterocycles. The highest BCUT2D eigenvalue weighted by Gasteiger charge is 2.22. The zero-order chi connectivity index (χ0) is 14.5. The molecule has 5 nitrogen and oxygen atoms in total. The zero-order valence-corrected chi connectivity index (χ0v) is 12.4. The Kier molecular flexibility index (Phi) is 5.31. The molecule has 0 saturated carbocycles. The van der Waals surface area contributed by atoms with Gasteiger partial charge >= 0.3 is 0 Å². The lowest BCUT2D eigenvalue weighted by Gasteiger charge is -2.34. The molecule has 0 bridgehead atoms. The molecule has 1 aliphatic heterocycles. The van der Waals surface area contributed by atoms with Gasteiger partial charge in [-0.1, -0.05) is 18.3 Å². The quantitative estimate of drug-likeness (QED) is 0.772. The Labute approximate surface area is 124 Å². The maximum Gasteiger partial charge on any atom is 0.129 e. The Morgan fingerprint density at radius 3 is 3.05 bits per heavy atom. The fraction of sp³-hybridized carbons (Fsp3) is 0.500. The molecule has 1 saturated heterocycles. The highest BCUT2D eigenvalue weighted by atomic mass is 32.1. The molecule has 1 aliphatic rings. The Hall–Kier alpha value is -1.21. The van der Waals surface area contributed by atoms with Crippen LogP contribution in [0.15, 0.2) is 18.2 Å². The standard InChI is InChI=1S/C14H20N2O3S/c1-18-13-3-2-10(6-12(13)14(15)20)7-16-4-5-19-9-11(16)8-17/h2-3,6,11,17H,4-5,7-9H2,1H3,(H2,15,20). The Bertz CT molecular complexity index is 481. The van der Waals surface area contributed by atoms with Crippen LogP contribution in [0.5, 0.6) is 5.75 Å². The number of ether oxygens (including phenoxy) is 2. The maximum absolute atomic E-state index is 9.38. The molecular formula is C14H20N2O3S. The Morgan fingerprint density at radius 1 is 1.60 bits per heavy atom. The third-order valence-electron chi connectivity index (χ3n) is 3.48. The largest absolute Gasteiger partial charge is 0.496 e. The fourth-order valence-electron chi connectivity index (χ4n) is 2.35. The smallest absolute Gasteiger partial charge is 0.129 e. The van der Waals surface area contributed by atoms with Crippen LogP contribution < -0.4 is 10.5 Å². The number of aliphatic hydroxyl groups excluding tert-OH is 1. The molecule has 0 amide bonds. The van der Waals surface area contributed by atoms with Crippen LogP contribution in [-0.4, -0.2) is 54.5 Å². The Morgan fingerprint density at radius 2 is 2.40 bits per heavy atom. The van der Waals surface area contributed by atoms with Gasteiger partial charge < -0.3 is 20.3 Å². The lowest BCUT2D eigenvalue weighted by Crippen LogP contribution is -2.46. The fourth-order valence-corrected chi connectivity index (χ4v) is 2.51. The van der Waals surface area contributed by atoms with Crippen molar-refractivity contribution in [3.05, 3.63) is 29.3 Å². The van der Waals surface area contributed by atoms with Crippen molar-refractivity contribution < 1.29 is 14.6 Å². The van der Waals surface area contributed by atoms with E-state index in [1.54, 1.807) is 7.11 Å². The summed E-state index contributed by atoms with van der Waals surface area (Å²) in [6, 6.07) is 5.85. The predicted octanol–water partition coefficient (Wildman–Crippen LogP) is 0.522. The lowest BCUT2D eigenvalue weighted by atomic mass is 10.1. The van der Waals surface area contributed by atoms with Crippen LogP contribution in [0.2, 0.25) is 0 Å². The molecule has 1 aromatic rings. The summed E-state index contributed by atoms with van der Waals surface area (Å²) in [5, 5.41) is 9.38. The van der Waals surface area contributed by atoms with Gasteiger partial charge in [0.15, 0.2) is 0 Å². The van der Waals surface area contributed by atoms with Crippen LogP contribution in [0.25, 0.3) is 0 Å². The first kappa shape index (κ1) is 15.2. The number of methoxy groups -OCH3 is 1. The maximum atomic E-state index is 9.38. The van der Waals surface area contributed by atoms with Crippen LogP contribution in [0.1, 0.15) is 11.1 Å². The van der Waals surface area contributed by atoms with Crippen LogP contribution in [0.4, 0.5) is 0 Å². The Balaban J connectivity index is 2.16. The molecule has 1 heterocycles. The normalized spacial score (nSPS) is 19.8. The third-order valence-corrected chi connectivity index (χ3v) is 3.70. The number of thiocarbonyl (C=S) groups is 1. The number of hydrogen-bond donors (Lipinski definition) is 2. The van der Waals surface area contributed by atoms with E-state index in [-0.39, 0.29) is 12.6 Å². The molecule has 0 aliphatic carbocycles. The molecule has 110 valence electrons. The molecule has 1 aromatic carbocycles. The second-order valence-corrected chi connectivity index (χ2v) is 5.22. The zero-order valence-electron chi connectivity index (χ0n) is 11.5. The van der Waals surface area contributed by atoms with Gasteiger partial charge in [-0.05, 0) is 17.7 Å². The second-order valence-electron chi connectivity index (χ2n) is 4.78. The summed E-state index contributed by atoms with van der Waals surface area (Å²) in [5.74, 6) is 0.682. The van der Waals surface area contributed by atoms with Crippen molar-refractivity contribution in [3.8, 4) is 5.75 Å². The van der Waals surface area contributed by atoms with E-state index in [0.29, 0.717) is 24.0 Å². The molecule has 1 atom stereocenters. The van der Waals surface area contributed by atoms with E-state index >= 15 is 0 Å². The highest BCUT2D eigenvalue weighted by molar-refractivity contribution is 7.80.